The van der Waals surface area contributed by atoms with Crippen LogP contribution >= 0.6 is 0 Å². The first-order chi connectivity index (χ1) is 5.33. The highest BCUT2D eigenvalue weighted by Gasteiger charge is 2.28. The summed E-state index contributed by atoms with van der Waals surface area (Å²) in [4.78, 5) is 0. The van der Waals surface area contributed by atoms with E-state index in [2.05, 4.69) is 13.8 Å². The molecule has 0 aromatic heterocycles. The highest BCUT2D eigenvalue weighted by molar-refractivity contribution is 6.34. The van der Waals surface area contributed by atoms with Gasteiger partial charge in [0.05, 0.1) is 12.2 Å². The van der Waals surface area contributed by atoms with Crippen molar-refractivity contribution in [2.75, 3.05) is 6.61 Å². The van der Waals surface area contributed by atoms with E-state index in [9.17, 15) is 0 Å². The Hall–Kier alpha value is 0.314. The maximum absolute atomic E-state index is 5.72. The van der Waals surface area contributed by atoms with Gasteiger partial charge in [0.25, 0.3) is 20.0 Å². The zero-order chi connectivity index (χ0) is 8.16. The molecule has 0 spiro atoms. The van der Waals surface area contributed by atoms with Crippen LogP contribution in [0.25, 0.3) is 0 Å². The average Bonchev–Trinajstić information content (AvgIpc) is 2.30. The summed E-state index contributed by atoms with van der Waals surface area (Å²) < 4.78 is 16.4. The lowest BCUT2D eigenvalue weighted by Gasteiger charge is -2.29. The average molecular weight is 192 g/mol. The SMILES string of the molecule is CCC1(CC)CO[SiH2]O[SiH2]O1. The second kappa shape index (κ2) is 4.37. The fraction of sp³-hybridized carbons (Fsp3) is 1.00. The largest absolute Gasteiger partial charge is 0.424 e. The zero-order valence-corrected chi connectivity index (χ0v) is 10.1. The first kappa shape index (κ1) is 9.40. The smallest absolute Gasteiger partial charge is 0.295 e. The van der Waals surface area contributed by atoms with Crippen molar-refractivity contribution < 1.29 is 13.0 Å². The van der Waals surface area contributed by atoms with Crippen LogP contribution in [-0.4, -0.2) is 32.2 Å². The maximum atomic E-state index is 5.72. The second-order valence-electron chi connectivity index (χ2n) is 2.82. The van der Waals surface area contributed by atoms with Crippen LogP contribution in [0.1, 0.15) is 26.7 Å². The topological polar surface area (TPSA) is 27.7 Å². The monoisotopic (exact) mass is 192 g/mol. The number of hydrogen-bond acceptors (Lipinski definition) is 3. The Morgan fingerprint density at radius 3 is 2.64 bits per heavy atom. The lowest BCUT2D eigenvalue weighted by atomic mass is 9.99. The molecule has 0 aromatic carbocycles. The van der Waals surface area contributed by atoms with E-state index in [0.29, 0.717) is 0 Å². The summed E-state index contributed by atoms with van der Waals surface area (Å²) in [7, 11) is -1.39. The Kier molecular flexibility index (Phi) is 3.73. The molecule has 0 N–H and O–H groups in total. The molecule has 0 radical (unpaired) electrons. The van der Waals surface area contributed by atoms with E-state index < -0.39 is 20.0 Å². The molecule has 1 fully saturated rings. The summed E-state index contributed by atoms with van der Waals surface area (Å²) in [6, 6.07) is 0. The maximum Gasteiger partial charge on any atom is 0.295 e. The van der Waals surface area contributed by atoms with Crippen molar-refractivity contribution in [1.29, 1.82) is 0 Å². The van der Waals surface area contributed by atoms with E-state index in [4.69, 9.17) is 13.0 Å². The van der Waals surface area contributed by atoms with Gasteiger partial charge in [-0.25, -0.2) is 0 Å². The van der Waals surface area contributed by atoms with Crippen LogP contribution in [0.2, 0.25) is 0 Å². The van der Waals surface area contributed by atoms with E-state index >= 15 is 0 Å². The van der Waals surface area contributed by atoms with E-state index in [1.807, 2.05) is 0 Å². The van der Waals surface area contributed by atoms with Gasteiger partial charge in [-0.05, 0) is 12.8 Å². The standard InChI is InChI=1S/C6H16O3Si2/c1-3-6(4-2)5-7-10-9-11-8-6/h3-5,10-11H2,1-2H3. The van der Waals surface area contributed by atoms with Crippen molar-refractivity contribution >= 4 is 20.0 Å². The minimum absolute atomic E-state index is 0.00424. The van der Waals surface area contributed by atoms with Gasteiger partial charge in [0.15, 0.2) is 0 Å². The van der Waals surface area contributed by atoms with Crippen LogP contribution in [0.4, 0.5) is 0 Å². The lowest BCUT2D eigenvalue weighted by Crippen LogP contribution is -2.36. The van der Waals surface area contributed by atoms with E-state index in [-0.39, 0.29) is 5.60 Å². The molecule has 1 aliphatic rings. The molecule has 0 unspecified atom stereocenters. The van der Waals surface area contributed by atoms with Crippen LogP contribution in [0.15, 0.2) is 0 Å². The Bertz CT molecular complexity index is 106. The van der Waals surface area contributed by atoms with Gasteiger partial charge in [-0.2, -0.15) is 0 Å². The molecule has 1 rings (SSSR count). The fourth-order valence-corrected chi connectivity index (χ4v) is 3.46. The van der Waals surface area contributed by atoms with E-state index in [0.717, 1.165) is 19.4 Å². The first-order valence-corrected chi connectivity index (χ1v) is 6.43. The second-order valence-corrected chi connectivity index (χ2v) is 5.62. The molecule has 1 aliphatic heterocycles. The van der Waals surface area contributed by atoms with Gasteiger partial charge in [-0.15, -0.1) is 0 Å². The Morgan fingerprint density at radius 1 is 1.27 bits per heavy atom. The van der Waals surface area contributed by atoms with Crippen molar-refractivity contribution in [3.8, 4) is 0 Å². The molecular weight excluding hydrogens is 176 g/mol. The van der Waals surface area contributed by atoms with Gasteiger partial charge in [-0.3, -0.25) is 0 Å². The molecule has 66 valence electrons. The normalized spacial score (nSPS) is 28.9. The molecule has 0 atom stereocenters. The summed E-state index contributed by atoms with van der Waals surface area (Å²) in [5.74, 6) is 0. The van der Waals surface area contributed by atoms with Crippen LogP contribution in [0.3, 0.4) is 0 Å². The van der Waals surface area contributed by atoms with Gasteiger partial charge < -0.3 is 13.0 Å². The van der Waals surface area contributed by atoms with Gasteiger partial charge in [-0.1, -0.05) is 13.8 Å². The van der Waals surface area contributed by atoms with Gasteiger partial charge in [0, 0.05) is 0 Å². The van der Waals surface area contributed by atoms with Gasteiger partial charge in [0.1, 0.15) is 0 Å². The molecule has 3 nitrogen and oxygen atoms in total. The molecule has 0 aliphatic carbocycles. The zero-order valence-electron chi connectivity index (χ0n) is 7.26. The van der Waals surface area contributed by atoms with E-state index in [1.165, 1.54) is 0 Å². The minimum atomic E-state index is -0.716. The third-order valence-corrected chi connectivity index (χ3v) is 4.70. The Labute approximate surface area is 72.5 Å². The Balaban J connectivity index is 2.49. The van der Waals surface area contributed by atoms with Crippen molar-refractivity contribution in [3.63, 3.8) is 0 Å². The van der Waals surface area contributed by atoms with Gasteiger partial charge in [0.2, 0.25) is 0 Å². The third-order valence-electron chi connectivity index (χ3n) is 2.27. The molecule has 1 saturated heterocycles. The van der Waals surface area contributed by atoms with Crippen molar-refractivity contribution in [2.45, 2.75) is 32.3 Å². The molecule has 0 bridgehead atoms. The van der Waals surface area contributed by atoms with Crippen LogP contribution in [-0.2, 0) is 13.0 Å². The summed E-state index contributed by atoms with van der Waals surface area (Å²) in [6.45, 7) is 5.04. The predicted molar refractivity (Wildman–Crippen MR) is 48.5 cm³/mol. The molecular formula is C6H16O3Si2. The van der Waals surface area contributed by atoms with Crippen LogP contribution < -0.4 is 0 Å². The molecule has 5 heteroatoms. The molecule has 11 heavy (non-hydrogen) atoms. The van der Waals surface area contributed by atoms with Crippen molar-refractivity contribution in [2.24, 2.45) is 0 Å². The highest BCUT2D eigenvalue weighted by Crippen LogP contribution is 2.21. The van der Waals surface area contributed by atoms with Gasteiger partial charge >= 0.3 is 0 Å². The molecule has 0 amide bonds. The van der Waals surface area contributed by atoms with Crippen LogP contribution in [0, 0.1) is 0 Å². The Morgan fingerprint density at radius 2 is 2.00 bits per heavy atom. The van der Waals surface area contributed by atoms with Crippen molar-refractivity contribution in [3.05, 3.63) is 0 Å². The summed E-state index contributed by atoms with van der Waals surface area (Å²) >= 11 is 0. The van der Waals surface area contributed by atoms with E-state index in [1.54, 1.807) is 0 Å². The fourth-order valence-electron chi connectivity index (χ4n) is 1.19. The highest BCUT2D eigenvalue weighted by atomic mass is 28.3. The number of hydrogen-bond donors (Lipinski definition) is 0. The number of rotatable bonds is 2. The quantitative estimate of drug-likeness (QED) is 0.558. The molecule has 0 aromatic rings. The minimum Gasteiger partial charge on any atom is -0.424 e. The van der Waals surface area contributed by atoms with Crippen molar-refractivity contribution in [1.82, 2.24) is 0 Å². The van der Waals surface area contributed by atoms with Crippen LogP contribution in [0.5, 0.6) is 0 Å². The predicted octanol–water partition coefficient (Wildman–Crippen LogP) is -0.394. The third kappa shape index (κ3) is 2.38. The summed E-state index contributed by atoms with van der Waals surface area (Å²) in [5, 5.41) is 0. The summed E-state index contributed by atoms with van der Waals surface area (Å²) in [6.07, 6.45) is 2.07. The lowest BCUT2D eigenvalue weighted by molar-refractivity contribution is 0.0202. The summed E-state index contributed by atoms with van der Waals surface area (Å²) in [5.41, 5.74) is -0.00424. The molecule has 1 heterocycles. The first-order valence-electron chi connectivity index (χ1n) is 4.12. The molecule has 0 saturated carbocycles.